The number of carbonyl (C=O) groups is 1. The summed E-state index contributed by atoms with van der Waals surface area (Å²) < 4.78 is 23.0. The monoisotopic (exact) mass is 357 g/mol. The fourth-order valence-electron chi connectivity index (χ4n) is 1.87. The van der Waals surface area contributed by atoms with Crippen LogP contribution in [0.1, 0.15) is 5.56 Å². The SMILES string of the molecule is CS(=O)(=O)c1cccc(NC(=O)Cc2c(Cl)cccc2Cl)c1. The van der Waals surface area contributed by atoms with Gasteiger partial charge < -0.3 is 5.32 Å². The van der Waals surface area contributed by atoms with Gasteiger partial charge in [0, 0.05) is 22.0 Å². The van der Waals surface area contributed by atoms with Gasteiger partial charge in [-0.15, -0.1) is 0 Å². The standard InChI is InChI=1S/C15H13Cl2NO3S/c1-22(20,21)11-5-2-4-10(8-11)18-15(19)9-12-13(16)6-3-7-14(12)17/h2-8H,9H2,1H3,(H,18,19). The predicted octanol–water partition coefficient (Wildman–Crippen LogP) is 3.58. The molecule has 2 aromatic rings. The quantitative estimate of drug-likeness (QED) is 0.909. The molecular weight excluding hydrogens is 345 g/mol. The normalized spacial score (nSPS) is 11.2. The lowest BCUT2D eigenvalue weighted by atomic mass is 10.1. The van der Waals surface area contributed by atoms with Crippen molar-refractivity contribution in [1.82, 2.24) is 0 Å². The van der Waals surface area contributed by atoms with Crippen LogP contribution in [-0.2, 0) is 21.1 Å². The van der Waals surface area contributed by atoms with Crippen LogP contribution in [0.5, 0.6) is 0 Å². The molecule has 0 spiro atoms. The molecule has 0 aliphatic heterocycles. The number of halogens is 2. The molecule has 0 fully saturated rings. The van der Waals surface area contributed by atoms with E-state index in [1.54, 1.807) is 30.3 Å². The van der Waals surface area contributed by atoms with E-state index in [-0.39, 0.29) is 17.2 Å². The minimum Gasteiger partial charge on any atom is -0.326 e. The first-order chi connectivity index (χ1) is 10.3. The lowest BCUT2D eigenvalue weighted by Crippen LogP contribution is -2.15. The van der Waals surface area contributed by atoms with Crippen LogP contribution in [0, 0.1) is 0 Å². The number of hydrogen-bond donors (Lipinski definition) is 1. The van der Waals surface area contributed by atoms with Crippen molar-refractivity contribution in [2.45, 2.75) is 11.3 Å². The zero-order chi connectivity index (χ0) is 16.3. The highest BCUT2D eigenvalue weighted by molar-refractivity contribution is 7.90. The van der Waals surface area contributed by atoms with Crippen molar-refractivity contribution in [3.05, 3.63) is 58.1 Å². The maximum atomic E-state index is 12.1. The number of sulfone groups is 1. The number of benzene rings is 2. The molecule has 1 amide bonds. The second kappa shape index (κ2) is 6.69. The molecule has 0 saturated heterocycles. The van der Waals surface area contributed by atoms with Gasteiger partial charge in [0.25, 0.3) is 0 Å². The third kappa shape index (κ3) is 4.22. The Morgan fingerprint density at radius 1 is 1.09 bits per heavy atom. The van der Waals surface area contributed by atoms with Crippen LogP contribution in [0.15, 0.2) is 47.4 Å². The Hall–Kier alpha value is -1.56. The second-order valence-corrected chi connectivity index (χ2v) is 7.56. The molecule has 2 rings (SSSR count). The number of amides is 1. The molecule has 0 bridgehead atoms. The van der Waals surface area contributed by atoms with Gasteiger partial charge >= 0.3 is 0 Å². The Balaban J connectivity index is 2.16. The molecule has 0 aromatic heterocycles. The maximum absolute atomic E-state index is 12.1. The molecule has 22 heavy (non-hydrogen) atoms. The van der Waals surface area contributed by atoms with E-state index in [0.717, 1.165) is 6.26 Å². The van der Waals surface area contributed by atoms with E-state index in [1.807, 2.05) is 0 Å². The molecular formula is C15H13Cl2NO3S. The summed E-state index contributed by atoms with van der Waals surface area (Å²) >= 11 is 12.0. The van der Waals surface area contributed by atoms with Gasteiger partial charge in [-0.1, -0.05) is 35.3 Å². The molecule has 0 aliphatic carbocycles. The van der Waals surface area contributed by atoms with Crippen molar-refractivity contribution in [3.63, 3.8) is 0 Å². The topological polar surface area (TPSA) is 63.2 Å². The van der Waals surface area contributed by atoms with Crippen LogP contribution in [0.4, 0.5) is 5.69 Å². The highest BCUT2D eigenvalue weighted by atomic mass is 35.5. The second-order valence-electron chi connectivity index (χ2n) is 4.73. The molecule has 2 aromatic carbocycles. The van der Waals surface area contributed by atoms with Crippen LogP contribution in [0.25, 0.3) is 0 Å². The van der Waals surface area contributed by atoms with Gasteiger partial charge in [0.05, 0.1) is 11.3 Å². The van der Waals surface area contributed by atoms with Crippen LogP contribution < -0.4 is 5.32 Å². The first kappa shape index (κ1) is 16.8. The molecule has 116 valence electrons. The van der Waals surface area contributed by atoms with E-state index in [4.69, 9.17) is 23.2 Å². The van der Waals surface area contributed by atoms with E-state index in [9.17, 15) is 13.2 Å². The minimum absolute atomic E-state index is 0.00160. The summed E-state index contributed by atoms with van der Waals surface area (Å²) in [5, 5.41) is 3.46. The Morgan fingerprint density at radius 2 is 1.68 bits per heavy atom. The fourth-order valence-corrected chi connectivity index (χ4v) is 3.07. The van der Waals surface area contributed by atoms with E-state index < -0.39 is 9.84 Å². The van der Waals surface area contributed by atoms with E-state index >= 15 is 0 Å². The predicted molar refractivity (Wildman–Crippen MR) is 88.3 cm³/mol. The van der Waals surface area contributed by atoms with E-state index in [0.29, 0.717) is 21.3 Å². The van der Waals surface area contributed by atoms with Gasteiger partial charge in [0.15, 0.2) is 9.84 Å². The van der Waals surface area contributed by atoms with Crippen molar-refractivity contribution in [2.75, 3.05) is 11.6 Å². The molecule has 0 unspecified atom stereocenters. The molecule has 7 heteroatoms. The Kier molecular flexibility index (Phi) is 5.11. The summed E-state index contributed by atoms with van der Waals surface area (Å²) in [6.07, 6.45) is 1.11. The lowest BCUT2D eigenvalue weighted by Gasteiger charge is -2.09. The number of rotatable bonds is 4. The van der Waals surface area contributed by atoms with Crippen molar-refractivity contribution in [1.29, 1.82) is 0 Å². The Bertz CT molecular complexity index is 799. The molecule has 4 nitrogen and oxygen atoms in total. The summed E-state index contributed by atoms with van der Waals surface area (Å²) in [4.78, 5) is 12.2. The smallest absolute Gasteiger partial charge is 0.228 e. The first-order valence-corrected chi connectivity index (χ1v) is 8.95. The average molecular weight is 358 g/mol. The van der Waals surface area contributed by atoms with Gasteiger partial charge in [0.1, 0.15) is 0 Å². The Morgan fingerprint density at radius 3 is 2.27 bits per heavy atom. The number of anilines is 1. The van der Waals surface area contributed by atoms with E-state index in [2.05, 4.69) is 5.32 Å². The summed E-state index contributed by atoms with van der Waals surface area (Å²) in [5.74, 6) is -0.333. The van der Waals surface area contributed by atoms with Crippen LogP contribution in [0.2, 0.25) is 10.0 Å². The average Bonchev–Trinajstić information content (AvgIpc) is 2.42. The zero-order valence-corrected chi connectivity index (χ0v) is 14.0. The van der Waals surface area contributed by atoms with Gasteiger partial charge in [-0.3, -0.25) is 4.79 Å². The van der Waals surface area contributed by atoms with Crippen molar-refractivity contribution < 1.29 is 13.2 Å². The van der Waals surface area contributed by atoms with Crippen molar-refractivity contribution in [2.24, 2.45) is 0 Å². The maximum Gasteiger partial charge on any atom is 0.228 e. The molecule has 0 atom stereocenters. The summed E-state index contributed by atoms with van der Waals surface area (Å²) in [6.45, 7) is 0. The molecule has 0 heterocycles. The summed E-state index contributed by atoms with van der Waals surface area (Å²) in [6, 6.07) is 11.1. The van der Waals surface area contributed by atoms with Gasteiger partial charge in [0.2, 0.25) is 5.91 Å². The van der Waals surface area contributed by atoms with Crippen LogP contribution in [-0.4, -0.2) is 20.6 Å². The summed E-state index contributed by atoms with van der Waals surface area (Å²) in [7, 11) is -3.33. The van der Waals surface area contributed by atoms with Gasteiger partial charge in [-0.05, 0) is 35.9 Å². The lowest BCUT2D eigenvalue weighted by molar-refractivity contribution is -0.115. The zero-order valence-electron chi connectivity index (χ0n) is 11.6. The van der Waals surface area contributed by atoms with Gasteiger partial charge in [-0.2, -0.15) is 0 Å². The van der Waals surface area contributed by atoms with E-state index in [1.165, 1.54) is 12.1 Å². The molecule has 0 aliphatic rings. The first-order valence-electron chi connectivity index (χ1n) is 6.30. The third-order valence-electron chi connectivity index (χ3n) is 2.94. The largest absolute Gasteiger partial charge is 0.326 e. The fraction of sp³-hybridized carbons (Fsp3) is 0.133. The van der Waals surface area contributed by atoms with Crippen molar-refractivity contribution in [3.8, 4) is 0 Å². The van der Waals surface area contributed by atoms with Gasteiger partial charge in [-0.25, -0.2) is 8.42 Å². The third-order valence-corrected chi connectivity index (χ3v) is 4.76. The van der Waals surface area contributed by atoms with Crippen LogP contribution in [0.3, 0.4) is 0 Å². The summed E-state index contributed by atoms with van der Waals surface area (Å²) in [5.41, 5.74) is 0.929. The van der Waals surface area contributed by atoms with Crippen molar-refractivity contribution >= 4 is 44.6 Å². The molecule has 0 radical (unpaired) electrons. The molecule has 1 N–H and O–H groups in total. The minimum atomic E-state index is -3.33. The Labute approximate surface area is 139 Å². The van der Waals surface area contributed by atoms with Crippen LogP contribution >= 0.6 is 23.2 Å². The molecule has 0 saturated carbocycles. The number of carbonyl (C=O) groups excluding carboxylic acids is 1. The highest BCUT2D eigenvalue weighted by Gasteiger charge is 2.12. The number of hydrogen-bond acceptors (Lipinski definition) is 3. The number of nitrogens with one attached hydrogen (secondary N) is 1. The highest BCUT2D eigenvalue weighted by Crippen LogP contribution is 2.25.